The van der Waals surface area contributed by atoms with Crippen molar-refractivity contribution in [2.75, 3.05) is 18.4 Å². The molecule has 3 rings (SSSR count). The van der Waals surface area contributed by atoms with Crippen molar-refractivity contribution in [2.24, 2.45) is 7.05 Å². The maximum atomic E-state index is 12.4. The zero-order valence-corrected chi connectivity index (χ0v) is 13.9. The molecule has 0 bridgehead atoms. The topological polar surface area (TPSA) is 55.1 Å². The summed E-state index contributed by atoms with van der Waals surface area (Å²) in [4.78, 5) is 14.7. The van der Waals surface area contributed by atoms with Crippen molar-refractivity contribution in [3.63, 3.8) is 0 Å². The van der Waals surface area contributed by atoms with Crippen molar-refractivity contribution in [3.05, 3.63) is 36.3 Å². The van der Waals surface area contributed by atoms with E-state index in [2.05, 4.69) is 52.2 Å². The van der Waals surface area contributed by atoms with Crippen LogP contribution >= 0.6 is 0 Å². The molecule has 1 N–H and O–H groups in total. The summed E-state index contributed by atoms with van der Waals surface area (Å²) in [6.07, 6.45) is 7.03. The van der Waals surface area contributed by atoms with Gasteiger partial charge in [0.2, 0.25) is 5.91 Å². The standard InChI is InChI=1S/C17H25N5O/c1-3-10-22-16(8-9-18-22)19-17(23)13-21-12-5-7-15(21)14-6-4-11-20(14)2/h4,6,8-9,11,15H,3,5,7,10,12-13H2,1-2H3,(H,19,23)/t15-/m0/s1. The van der Waals surface area contributed by atoms with Gasteiger partial charge in [-0.25, -0.2) is 4.68 Å². The van der Waals surface area contributed by atoms with Gasteiger partial charge in [0.1, 0.15) is 5.82 Å². The minimum Gasteiger partial charge on any atom is -0.353 e. The predicted octanol–water partition coefficient (Wildman–Crippen LogP) is 2.41. The Labute approximate surface area is 137 Å². The van der Waals surface area contributed by atoms with Crippen molar-refractivity contribution in [3.8, 4) is 0 Å². The third-order valence-electron chi connectivity index (χ3n) is 4.46. The van der Waals surface area contributed by atoms with Crippen LogP contribution in [0.1, 0.15) is 37.9 Å². The van der Waals surface area contributed by atoms with Gasteiger partial charge in [0.05, 0.1) is 18.8 Å². The van der Waals surface area contributed by atoms with Crippen LogP contribution in [0, 0.1) is 0 Å². The van der Waals surface area contributed by atoms with Crippen LogP contribution in [0.4, 0.5) is 5.82 Å². The normalized spacial score (nSPS) is 18.4. The molecule has 1 aliphatic heterocycles. The number of amides is 1. The Balaban J connectivity index is 1.63. The average molecular weight is 315 g/mol. The molecule has 0 unspecified atom stereocenters. The summed E-state index contributed by atoms with van der Waals surface area (Å²) >= 11 is 0. The van der Waals surface area contributed by atoms with E-state index < -0.39 is 0 Å². The predicted molar refractivity (Wildman–Crippen MR) is 90.1 cm³/mol. The Morgan fingerprint density at radius 2 is 2.30 bits per heavy atom. The van der Waals surface area contributed by atoms with Crippen LogP contribution in [0.15, 0.2) is 30.6 Å². The highest BCUT2D eigenvalue weighted by atomic mass is 16.2. The van der Waals surface area contributed by atoms with E-state index in [4.69, 9.17) is 0 Å². The van der Waals surface area contributed by atoms with Gasteiger partial charge in [-0.15, -0.1) is 0 Å². The third kappa shape index (κ3) is 3.47. The molecule has 124 valence electrons. The lowest BCUT2D eigenvalue weighted by molar-refractivity contribution is -0.117. The van der Waals surface area contributed by atoms with E-state index in [1.54, 1.807) is 6.20 Å². The number of nitrogens with one attached hydrogen (secondary N) is 1. The summed E-state index contributed by atoms with van der Waals surface area (Å²) < 4.78 is 3.99. The fourth-order valence-corrected chi connectivity index (χ4v) is 3.37. The van der Waals surface area contributed by atoms with Gasteiger partial charge < -0.3 is 9.88 Å². The first-order chi connectivity index (χ1) is 11.2. The maximum Gasteiger partial charge on any atom is 0.239 e. The second-order valence-electron chi connectivity index (χ2n) is 6.16. The summed E-state index contributed by atoms with van der Waals surface area (Å²) in [5.74, 6) is 0.815. The molecule has 0 saturated carbocycles. The summed E-state index contributed by atoms with van der Waals surface area (Å²) in [5, 5.41) is 7.24. The quantitative estimate of drug-likeness (QED) is 0.890. The van der Waals surface area contributed by atoms with Crippen molar-refractivity contribution < 1.29 is 4.79 Å². The SMILES string of the molecule is CCCn1nccc1NC(=O)CN1CCC[C@H]1c1cccn1C. The Hall–Kier alpha value is -2.08. The van der Waals surface area contributed by atoms with Crippen LogP contribution in [0.2, 0.25) is 0 Å². The summed E-state index contributed by atoms with van der Waals surface area (Å²) in [7, 11) is 2.06. The number of rotatable bonds is 6. The van der Waals surface area contributed by atoms with Gasteiger partial charge in [-0.2, -0.15) is 5.10 Å². The van der Waals surface area contributed by atoms with E-state index in [1.165, 1.54) is 5.69 Å². The van der Waals surface area contributed by atoms with Crippen molar-refractivity contribution in [1.82, 2.24) is 19.2 Å². The number of aryl methyl sites for hydroxylation is 2. The Morgan fingerprint density at radius 1 is 1.43 bits per heavy atom. The molecular formula is C17H25N5O. The molecule has 1 atom stereocenters. The number of likely N-dealkylation sites (tertiary alicyclic amines) is 1. The summed E-state index contributed by atoms with van der Waals surface area (Å²) in [6, 6.07) is 6.40. The zero-order chi connectivity index (χ0) is 16.2. The zero-order valence-electron chi connectivity index (χ0n) is 13.9. The molecule has 1 fully saturated rings. The van der Waals surface area contributed by atoms with Crippen molar-refractivity contribution in [1.29, 1.82) is 0 Å². The molecule has 6 nitrogen and oxygen atoms in total. The molecule has 0 aromatic carbocycles. The number of hydrogen-bond donors (Lipinski definition) is 1. The van der Waals surface area contributed by atoms with Gasteiger partial charge in [0.25, 0.3) is 0 Å². The molecule has 6 heteroatoms. The largest absolute Gasteiger partial charge is 0.353 e. The monoisotopic (exact) mass is 315 g/mol. The fourth-order valence-electron chi connectivity index (χ4n) is 3.37. The van der Waals surface area contributed by atoms with E-state index in [9.17, 15) is 4.79 Å². The van der Waals surface area contributed by atoms with E-state index >= 15 is 0 Å². The molecular weight excluding hydrogens is 290 g/mol. The fraction of sp³-hybridized carbons (Fsp3) is 0.529. The number of aromatic nitrogens is 3. The highest BCUT2D eigenvalue weighted by molar-refractivity contribution is 5.91. The second kappa shape index (κ2) is 7.00. The third-order valence-corrected chi connectivity index (χ3v) is 4.46. The number of anilines is 1. The lowest BCUT2D eigenvalue weighted by Gasteiger charge is -2.24. The summed E-state index contributed by atoms with van der Waals surface area (Å²) in [5.41, 5.74) is 1.28. The van der Waals surface area contributed by atoms with E-state index in [1.807, 2.05) is 10.7 Å². The first-order valence-electron chi connectivity index (χ1n) is 8.36. The molecule has 0 spiro atoms. The first kappa shape index (κ1) is 15.8. The average Bonchev–Trinajstić information content (AvgIpc) is 3.22. The second-order valence-corrected chi connectivity index (χ2v) is 6.16. The van der Waals surface area contributed by atoms with Crippen LogP contribution in [-0.2, 0) is 18.4 Å². The van der Waals surface area contributed by atoms with Gasteiger partial charge in [0.15, 0.2) is 0 Å². The van der Waals surface area contributed by atoms with Crippen LogP contribution < -0.4 is 5.32 Å². The molecule has 23 heavy (non-hydrogen) atoms. The van der Waals surface area contributed by atoms with Gasteiger partial charge in [0, 0.05) is 31.5 Å². The first-order valence-corrected chi connectivity index (χ1v) is 8.36. The van der Waals surface area contributed by atoms with E-state index in [0.717, 1.165) is 38.2 Å². The van der Waals surface area contributed by atoms with Crippen molar-refractivity contribution >= 4 is 11.7 Å². The van der Waals surface area contributed by atoms with Crippen LogP contribution in [0.25, 0.3) is 0 Å². The lowest BCUT2D eigenvalue weighted by Crippen LogP contribution is -2.34. The highest BCUT2D eigenvalue weighted by Gasteiger charge is 2.29. The smallest absolute Gasteiger partial charge is 0.239 e. The number of carbonyl (C=O) groups excluding carboxylic acids is 1. The van der Waals surface area contributed by atoms with Crippen LogP contribution in [0.3, 0.4) is 0 Å². The van der Waals surface area contributed by atoms with Gasteiger partial charge in [-0.1, -0.05) is 6.92 Å². The molecule has 1 amide bonds. The van der Waals surface area contributed by atoms with Gasteiger partial charge in [-0.05, 0) is 37.9 Å². The van der Waals surface area contributed by atoms with Gasteiger partial charge in [-0.3, -0.25) is 9.69 Å². The Morgan fingerprint density at radius 3 is 3.04 bits per heavy atom. The molecule has 1 saturated heterocycles. The molecule has 2 aromatic heterocycles. The number of carbonyl (C=O) groups is 1. The number of hydrogen-bond acceptors (Lipinski definition) is 3. The van der Waals surface area contributed by atoms with Crippen molar-refractivity contribution in [2.45, 2.75) is 38.8 Å². The Bertz CT molecular complexity index is 659. The Kier molecular flexibility index (Phi) is 4.81. The molecule has 0 aliphatic carbocycles. The van der Waals surface area contributed by atoms with Crippen LogP contribution in [-0.4, -0.2) is 38.2 Å². The summed E-state index contributed by atoms with van der Waals surface area (Å²) in [6.45, 7) is 4.31. The maximum absolute atomic E-state index is 12.4. The molecule has 2 aromatic rings. The lowest BCUT2D eigenvalue weighted by atomic mass is 10.1. The molecule has 3 heterocycles. The van der Waals surface area contributed by atoms with E-state index in [-0.39, 0.29) is 5.91 Å². The van der Waals surface area contributed by atoms with E-state index in [0.29, 0.717) is 12.6 Å². The highest BCUT2D eigenvalue weighted by Crippen LogP contribution is 2.31. The van der Waals surface area contributed by atoms with Crippen LogP contribution in [0.5, 0.6) is 0 Å². The molecule has 1 aliphatic rings. The van der Waals surface area contributed by atoms with Gasteiger partial charge >= 0.3 is 0 Å². The molecule has 0 radical (unpaired) electrons. The number of nitrogens with zero attached hydrogens (tertiary/aromatic N) is 4. The minimum absolute atomic E-state index is 0.0314. The minimum atomic E-state index is 0.0314.